The van der Waals surface area contributed by atoms with Gasteiger partial charge in [0.05, 0.1) is 18.2 Å². The molecule has 10 amide bonds. The number of nitrogens with two attached hydrogens (primary N) is 4. The number of aliphatic carboxylic acids is 1. The fourth-order valence-electron chi connectivity index (χ4n) is 10.3. The van der Waals surface area contributed by atoms with Gasteiger partial charge in [0.15, 0.2) is 5.96 Å². The minimum atomic E-state index is -1.72. The molecule has 0 bridgehead atoms. The fraction of sp³-hybridized carbons (Fsp3) is 0.649. The average molecular weight is 1210 g/mol. The van der Waals surface area contributed by atoms with Gasteiger partial charge >= 0.3 is 5.97 Å². The summed E-state index contributed by atoms with van der Waals surface area (Å²) in [6.07, 6.45) is -0.188. The highest BCUT2D eigenvalue weighted by atomic mass is 16.4. The first-order valence-corrected chi connectivity index (χ1v) is 29.5. The van der Waals surface area contributed by atoms with Crippen LogP contribution in [0.2, 0.25) is 0 Å². The summed E-state index contributed by atoms with van der Waals surface area (Å²) in [5, 5.41) is 50.5. The maximum absolute atomic E-state index is 14.6. The summed E-state index contributed by atoms with van der Waals surface area (Å²) in [6.45, 7) is 12.9. The number of aliphatic hydroxyl groups is 2. The topological polar surface area (TPSA) is 471 Å². The van der Waals surface area contributed by atoms with Crippen molar-refractivity contribution >= 4 is 81.9 Å². The lowest BCUT2D eigenvalue weighted by Gasteiger charge is -2.34. The second kappa shape index (κ2) is 33.1. The number of hydrogen-bond donors (Lipinski definition) is 15. The van der Waals surface area contributed by atoms with Crippen LogP contribution in [0.3, 0.4) is 0 Å². The van der Waals surface area contributed by atoms with E-state index >= 15 is 0 Å². The molecule has 2 aliphatic rings. The number of aliphatic hydroxyl groups excluding tert-OH is 2. The number of nitrogens with one attached hydrogen (secondary N) is 8. The van der Waals surface area contributed by atoms with E-state index in [2.05, 4.69) is 47.2 Å². The first-order valence-electron chi connectivity index (χ1n) is 29.5. The predicted molar refractivity (Wildman–Crippen MR) is 316 cm³/mol. The number of carbonyl (C=O) groups is 11. The van der Waals surface area contributed by atoms with Crippen LogP contribution >= 0.6 is 0 Å². The molecule has 0 saturated carbocycles. The normalized spacial score (nSPS) is 19.2. The van der Waals surface area contributed by atoms with E-state index in [4.69, 9.17) is 22.9 Å². The lowest BCUT2D eigenvalue weighted by atomic mass is 9.98. The Morgan fingerprint density at radius 2 is 1.17 bits per heavy atom. The summed E-state index contributed by atoms with van der Waals surface area (Å²) in [7, 11) is 0. The number of benzene rings is 1. The van der Waals surface area contributed by atoms with Gasteiger partial charge in [0.25, 0.3) is 0 Å². The first kappa shape index (κ1) is 70.6. The lowest BCUT2D eigenvalue weighted by Crippen LogP contribution is -2.63. The summed E-state index contributed by atoms with van der Waals surface area (Å²) >= 11 is 0. The van der Waals surface area contributed by atoms with E-state index < -0.39 is 156 Å². The van der Waals surface area contributed by atoms with Gasteiger partial charge in [-0.3, -0.25) is 52.9 Å². The van der Waals surface area contributed by atoms with Crippen LogP contribution in [-0.2, 0) is 59.2 Å². The Morgan fingerprint density at radius 3 is 1.77 bits per heavy atom. The largest absolute Gasteiger partial charge is 0.480 e. The SMILES string of the molecule is CC[C@H](C)[C@H](N)C(=O)N[C@@H](CCCN=C(N)N)C(=O)N[C@@H](Cc1c[nH]c2ccccc12)C(=O)N[C@H](C(=O)N[C@H](C(=O)N1CCC[C@H]1C(=O)N1CCC[C@H]1C(=O)N[C@H](C(=O)N[C@@H](CCC(N)=O)C(=O)N[C@H](C(=O)O)[C@@H](C)CC)[C@@H](C)O)[C@@H](C)O)C(C)C. The minimum absolute atomic E-state index is 0.0111. The van der Waals surface area contributed by atoms with Crippen molar-refractivity contribution in [3.8, 4) is 0 Å². The summed E-state index contributed by atoms with van der Waals surface area (Å²) in [5.41, 5.74) is 24.0. The zero-order valence-electron chi connectivity index (χ0n) is 50.4. The average Bonchev–Trinajstić information content (AvgIpc) is 4.46. The van der Waals surface area contributed by atoms with Crippen LogP contribution in [0.25, 0.3) is 10.9 Å². The maximum Gasteiger partial charge on any atom is 0.326 e. The van der Waals surface area contributed by atoms with Crippen molar-refractivity contribution in [1.29, 1.82) is 0 Å². The summed E-state index contributed by atoms with van der Waals surface area (Å²) < 4.78 is 0. The molecule has 2 saturated heterocycles. The highest BCUT2D eigenvalue weighted by Crippen LogP contribution is 2.27. The van der Waals surface area contributed by atoms with E-state index in [0.717, 1.165) is 10.9 Å². The molecule has 29 nitrogen and oxygen atoms in total. The van der Waals surface area contributed by atoms with Crippen molar-refractivity contribution in [3.05, 3.63) is 36.0 Å². The number of carboxylic acids is 1. The van der Waals surface area contributed by atoms with Crippen LogP contribution in [-0.4, -0.2) is 193 Å². The molecule has 1 aromatic carbocycles. The van der Waals surface area contributed by atoms with Gasteiger partial charge in [-0.1, -0.05) is 72.6 Å². The molecule has 478 valence electrons. The second-order valence-electron chi connectivity index (χ2n) is 22.9. The molecule has 14 atom stereocenters. The van der Waals surface area contributed by atoms with Crippen LogP contribution in [0.15, 0.2) is 35.5 Å². The van der Waals surface area contributed by atoms with Crippen molar-refractivity contribution in [2.24, 2.45) is 45.7 Å². The number of aromatic nitrogens is 1. The molecule has 2 fully saturated rings. The number of carboxylic acid groups (broad SMARTS) is 1. The van der Waals surface area contributed by atoms with E-state index in [1.807, 2.05) is 25.1 Å². The number of fused-ring (bicyclic) bond motifs is 1. The number of guanidine groups is 1. The number of primary amides is 1. The Bertz CT molecular complexity index is 2750. The van der Waals surface area contributed by atoms with Gasteiger partial charge in [-0.05, 0) is 88.2 Å². The van der Waals surface area contributed by atoms with E-state index in [1.165, 1.54) is 23.6 Å². The van der Waals surface area contributed by atoms with Crippen molar-refractivity contribution in [2.75, 3.05) is 19.6 Å². The molecule has 4 rings (SSSR count). The molecular formula is C57H91N15O14. The Hall–Kier alpha value is -7.92. The molecule has 0 spiro atoms. The summed E-state index contributed by atoms with van der Waals surface area (Å²) in [5.74, 6) is -11.2. The Morgan fingerprint density at radius 1 is 0.640 bits per heavy atom. The van der Waals surface area contributed by atoms with Crippen LogP contribution in [0.1, 0.15) is 125 Å². The Labute approximate surface area is 500 Å². The van der Waals surface area contributed by atoms with Gasteiger partial charge in [-0.2, -0.15) is 0 Å². The number of likely N-dealkylation sites (tertiary alicyclic amines) is 2. The molecule has 2 aromatic rings. The molecule has 0 unspecified atom stereocenters. The zero-order valence-corrected chi connectivity index (χ0v) is 50.4. The van der Waals surface area contributed by atoms with Gasteiger partial charge in [-0.25, -0.2) is 4.79 Å². The van der Waals surface area contributed by atoms with Gasteiger partial charge in [0, 0.05) is 49.6 Å². The predicted octanol–water partition coefficient (Wildman–Crippen LogP) is -2.67. The van der Waals surface area contributed by atoms with Crippen molar-refractivity contribution in [1.82, 2.24) is 52.0 Å². The number of amides is 10. The molecule has 29 heteroatoms. The number of para-hydroxylation sites is 1. The van der Waals surface area contributed by atoms with Crippen LogP contribution in [0.4, 0.5) is 0 Å². The van der Waals surface area contributed by atoms with E-state index in [9.17, 15) is 68.1 Å². The Kier molecular flexibility index (Phi) is 27.2. The monoisotopic (exact) mass is 1210 g/mol. The molecule has 2 aliphatic heterocycles. The van der Waals surface area contributed by atoms with E-state index in [0.29, 0.717) is 31.2 Å². The fourth-order valence-corrected chi connectivity index (χ4v) is 10.3. The third kappa shape index (κ3) is 19.6. The number of aliphatic imine (C=N–C) groups is 1. The van der Waals surface area contributed by atoms with Crippen LogP contribution in [0, 0.1) is 17.8 Å². The molecular weight excluding hydrogens is 1120 g/mol. The minimum Gasteiger partial charge on any atom is -0.480 e. The molecule has 86 heavy (non-hydrogen) atoms. The highest BCUT2D eigenvalue weighted by Gasteiger charge is 2.46. The highest BCUT2D eigenvalue weighted by molar-refractivity contribution is 5.99. The summed E-state index contributed by atoms with van der Waals surface area (Å²) in [4.78, 5) is 160. The number of H-pyrrole nitrogens is 1. The van der Waals surface area contributed by atoms with Crippen LogP contribution < -0.4 is 60.2 Å². The lowest BCUT2D eigenvalue weighted by molar-refractivity contribution is -0.149. The number of nitrogens with zero attached hydrogens (tertiary/aromatic N) is 3. The van der Waals surface area contributed by atoms with Gasteiger partial charge in [0.2, 0.25) is 59.1 Å². The van der Waals surface area contributed by atoms with Crippen molar-refractivity contribution in [2.45, 2.75) is 199 Å². The standard InChI is InChI=1S/C57H91N15O14/c1-9-29(5)42(59)51(80)64-36(18-13-23-62-57(60)61)47(76)66-38(26-33-27-63-35-17-12-11-16-34(33)35)49(78)67-43(28(3)4)52(81)70-46(32(8)74)55(84)72-25-15-20-40(72)54(83)71-24-14-19-39(71)50(79)69-45(31(7)73)53(82)65-37(21-22-41(58)75)48(77)68-44(56(85)86)30(6)10-2/h11-12,16-17,27-32,36-40,42-46,63,73-74H,9-10,13-15,18-26,59H2,1-8H3,(H2,58,75)(H,64,80)(H,65,82)(H,66,76)(H,67,78)(H,68,77)(H,69,79)(H,70,81)(H,85,86)(H4,60,61,62)/t29-,30-,31+,32+,36-,37-,38-,39-,40-,42-,43-,44-,45-,46-/m0/s1. The molecule has 0 aliphatic carbocycles. The molecule has 3 heterocycles. The molecule has 0 radical (unpaired) electrons. The van der Waals surface area contributed by atoms with Crippen molar-refractivity contribution in [3.63, 3.8) is 0 Å². The summed E-state index contributed by atoms with van der Waals surface area (Å²) in [6, 6.07) is -6.29. The third-order valence-corrected chi connectivity index (χ3v) is 16.0. The van der Waals surface area contributed by atoms with Gasteiger partial charge in [-0.15, -0.1) is 0 Å². The van der Waals surface area contributed by atoms with Crippen LogP contribution in [0.5, 0.6) is 0 Å². The third-order valence-electron chi connectivity index (χ3n) is 16.0. The smallest absolute Gasteiger partial charge is 0.326 e. The Balaban J connectivity index is 1.54. The maximum atomic E-state index is 14.6. The number of aromatic amines is 1. The van der Waals surface area contributed by atoms with E-state index in [-0.39, 0.29) is 70.0 Å². The number of hydrogen-bond acceptors (Lipinski definition) is 15. The molecule has 19 N–H and O–H groups in total. The number of carbonyl (C=O) groups excluding carboxylic acids is 10. The number of rotatable bonds is 33. The first-order chi connectivity index (χ1) is 40.5. The van der Waals surface area contributed by atoms with Gasteiger partial charge < -0.3 is 90.3 Å². The zero-order chi connectivity index (χ0) is 64.3. The van der Waals surface area contributed by atoms with Crippen molar-refractivity contribution < 1.29 is 68.1 Å². The van der Waals surface area contributed by atoms with Gasteiger partial charge in [0.1, 0.15) is 54.4 Å². The van der Waals surface area contributed by atoms with E-state index in [1.54, 1.807) is 46.9 Å². The molecule has 1 aromatic heterocycles. The second-order valence-corrected chi connectivity index (χ2v) is 22.9. The quantitative estimate of drug-likeness (QED) is 0.0197.